The molecule has 0 saturated heterocycles. The Morgan fingerprint density at radius 1 is 1.25 bits per heavy atom. The third-order valence-electron chi connectivity index (χ3n) is 2.35. The van der Waals surface area contributed by atoms with Crippen molar-refractivity contribution in [1.82, 2.24) is 9.97 Å². The lowest BCUT2D eigenvalue weighted by Gasteiger charge is -2.08. The largest absolute Gasteiger partial charge is 0.378 e. The highest BCUT2D eigenvalue weighted by molar-refractivity contribution is 6.30. The zero-order chi connectivity index (χ0) is 11.4. The number of hydrogen-bond donors (Lipinski definition) is 1. The molecule has 0 bridgehead atoms. The maximum Gasteiger partial charge on any atom is 0.115 e. The fraction of sp³-hybridized carbons (Fsp3) is 0.167. The van der Waals surface area contributed by atoms with E-state index in [-0.39, 0.29) is 0 Å². The van der Waals surface area contributed by atoms with Gasteiger partial charge in [-0.2, -0.15) is 0 Å². The Kier molecular flexibility index (Phi) is 3.37. The molecule has 0 aliphatic carbocycles. The molecule has 1 aromatic heterocycles. The SMILES string of the molecule is Cc1cc(Cl)ccc1CNc1cncnc1. The van der Waals surface area contributed by atoms with Gasteiger partial charge in [-0.25, -0.2) is 9.97 Å². The summed E-state index contributed by atoms with van der Waals surface area (Å²) in [6.45, 7) is 2.79. The first-order valence-corrected chi connectivity index (χ1v) is 5.37. The lowest BCUT2D eigenvalue weighted by atomic mass is 10.1. The van der Waals surface area contributed by atoms with Gasteiger partial charge in [-0.05, 0) is 30.2 Å². The van der Waals surface area contributed by atoms with Gasteiger partial charge in [-0.1, -0.05) is 17.7 Å². The number of nitrogens with one attached hydrogen (secondary N) is 1. The molecule has 0 saturated carbocycles. The molecule has 1 heterocycles. The first-order valence-electron chi connectivity index (χ1n) is 4.99. The predicted octanol–water partition coefficient (Wildman–Crippen LogP) is 3.05. The molecule has 0 unspecified atom stereocenters. The number of hydrogen-bond acceptors (Lipinski definition) is 3. The van der Waals surface area contributed by atoms with Gasteiger partial charge >= 0.3 is 0 Å². The van der Waals surface area contributed by atoms with Gasteiger partial charge in [0.15, 0.2) is 0 Å². The van der Waals surface area contributed by atoms with Crippen molar-refractivity contribution in [2.24, 2.45) is 0 Å². The molecule has 82 valence electrons. The average molecular weight is 234 g/mol. The van der Waals surface area contributed by atoms with Crippen molar-refractivity contribution in [3.63, 3.8) is 0 Å². The van der Waals surface area contributed by atoms with Gasteiger partial charge in [0.25, 0.3) is 0 Å². The normalized spacial score (nSPS) is 10.1. The van der Waals surface area contributed by atoms with E-state index in [0.717, 1.165) is 17.3 Å². The van der Waals surface area contributed by atoms with Crippen molar-refractivity contribution in [3.05, 3.63) is 53.1 Å². The van der Waals surface area contributed by atoms with E-state index in [4.69, 9.17) is 11.6 Å². The highest BCUT2D eigenvalue weighted by Crippen LogP contribution is 2.16. The highest BCUT2D eigenvalue weighted by atomic mass is 35.5. The Morgan fingerprint density at radius 2 is 2.00 bits per heavy atom. The van der Waals surface area contributed by atoms with E-state index in [1.807, 2.05) is 25.1 Å². The summed E-state index contributed by atoms with van der Waals surface area (Å²) < 4.78 is 0. The minimum Gasteiger partial charge on any atom is -0.378 e. The second kappa shape index (κ2) is 4.94. The predicted molar refractivity (Wildman–Crippen MR) is 65.5 cm³/mol. The second-order valence-corrected chi connectivity index (χ2v) is 3.99. The molecule has 0 aliphatic heterocycles. The summed E-state index contributed by atoms with van der Waals surface area (Å²) in [7, 11) is 0. The molecule has 1 N–H and O–H groups in total. The van der Waals surface area contributed by atoms with Crippen molar-refractivity contribution >= 4 is 17.3 Å². The van der Waals surface area contributed by atoms with Crippen LogP contribution in [0.15, 0.2) is 36.9 Å². The standard InChI is InChI=1S/C12H12ClN3/c1-9-4-11(13)3-2-10(9)5-16-12-6-14-8-15-7-12/h2-4,6-8,16H,5H2,1H3. The molecular formula is C12H12ClN3. The number of aryl methyl sites for hydroxylation is 1. The van der Waals surface area contributed by atoms with Crippen LogP contribution in [0.5, 0.6) is 0 Å². The number of anilines is 1. The van der Waals surface area contributed by atoms with Gasteiger partial charge < -0.3 is 5.32 Å². The summed E-state index contributed by atoms with van der Waals surface area (Å²) in [6.07, 6.45) is 5.01. The van der Waals surface area contributed by atoms with Gasteiger partial charge in [0.1, 0.15) is 6.33 Å². The van der Waals surface area contributed by atoms with Crippen molar-refractivity contribution in [2.45, 2.75) is 13.5 Å². The lowest BCUT2D eigenvalue weighted by molar-refractivity contribution is 1.09. The first kappa shape index (κ1) is 10.9. The maximum absolute atomic E-state index is 5.89. The van der Waals surface area contributed by atoms with E-state index in [1.54, 1.807) is 12.4 Å². The van der Waals surface area contributed by atoms with Crippen LogP contribution in [0, 0.1) is 6.92 Å². The van der Waals surface area contributed by atoms with E-state index >= 15 is 0 Å². The van der Waals surface area contributed by atoms with Crippen LogP contribution in [0.1, 0.15) is 11.1 Å². The molecule has 0 aliphatic rings. The van der Waals surface area contributed by atoms with Gasteiger partial charge in [0.2, 0.25) is 0 Å². The number of nitrogens with zero attached hydrogens (tertiary/aromatic N) is 2. The van der Waals surface area contributed by atoms with Gasteiger partial charge in [0.05, 0.1) is 18.1 Å². The van der Waals surface area contributed by atoms with Crippen LogP contribution >= 0.6 is 11.6 Å². The smallest absolute Gasteiger partial charge is 0.115 e. The molecule has 0 radical (unpaired) electrons. The Labute approximate surface area is 99.5 Å². The Bertz CT molecular complexity index is 471. The zero-order valence-corrected chi connectivity index (χ0v) is 9.70. The van der Waals surface area contributed by atoms with Gasteiger partial charge in [-0.15, -0.1) is 0 Å². The van der Waals surface area contributed by atoms with Crippen molar-refractivity contribution in [1.29, 1.82) is 0 Å². The van der Waals surface area contributed by atoms with E-state index in [2.05, 4.69) is 15.3 Å². The topological polar surface area (TPSA) is 37.8 Å². The monoisotopic (exact) mass is 233 g/mol. The van der Waals surface area contributed by atoms with E-state index in [1.165, 1.54) is 17.5 Å². The first-order chi connectivity index (χ1) is 7.75. The molecule has 3 nitrogen and oxygen atoms in total. The van der Waals surface area contributed by atoms with E-state index in [0.29, 0.717) is 0 Å². The lowest BCUT2D eigenvalue weighted by Crippen LogP contribution is -2.01. The Hall–Kier alpha value is -1.61. The third-order valence-corrected chi connectivity index (χ3v) is 2.58. The molecule has 0 fully saturated rings. The summed E-state index contributed by atoms with van der Waals surface area (Å²) in [5.74, 6) is 0. The van der Waals surface area contributed by atoms with Crippen LogP contribution in [0.25, 0.3) is 0 Å². The molecule has 0 spiro atoms. The molecular weight excluding hydrogens is 222 g/mol. The summed E-state index contributed by atoms with van der Waals surface area (Å²) >= 11 is 5.89. The molecule has 0 amide bonds. The molecule has 4 heteroatoms. The third kappa shape index (κ3) is 2.70. The molecule has 16 heavy (non-hydrogen) atoms. The van der Waals surface area contributed by atoms with Crippen LogP contribution in [0.2, 0.25) is 5.02 Å². The molecule has 2 rings (SSSR count). The minimum atomic E-state index is 0.746. The Morgan fingerprint density at radius 3 is 2.69 bits per heavy atom. The summed E-state index contributed by atoms with van der Waals surface area (Å²) in [6, 6.07) is 5.88. The van der Waals surface area contributed by atoms with Crippen LogP contribution in [0.3, 0.4) is 0 Å². The number of halogens is 1. The summed E-state index contributed by atoms with van der Waals surface area (Å²) in [4.78, 5) is 7.88. The molecule has 1 aromatic carbocycles. The second-order valence-electron chi connectivity index (χ2n) is 3.55. The number of aromatic nitrogens is 2. The maximum atomic E-state index is 5.89. The number of benzene rings is 1. The molecule has 2 aromatic rings. The van der Waals surface area contributed by atoms with Crippen LogP contribution in [0.4, 0.5) is 5.69 Å². The van der Waals surface area contributed by atoms with E-state index in [9.17, 15) is 0 Å². The van der Waals surface area contributed by atoms with Gasteiger partial charge in [-0.3, -0.25) is 0 Å². The van der Waals surface area contributed by atoms with Crippen molar-refractivity contribution < 1.29 is 0 Å². The Balaban J connectivity index is 2.05. The summed E-state index contributed by atoms with van der Waals surface area (Å²) in [5.41, 5.74) is 3.31. The van der Waals surface area contributed by atoms with Crippen LogP contribution in [-0.4, -0.2) is 9.97 Å². The highest BCUT2D eigenvalue weighted by Gasteiger charge is 1.99. The molecule has 0 atom stereocenters. The minimum absolute atomic E-state index is 0.746. The van der Waals surface area contributed by atoms with Crippen molar-refractivity contribution in [2.75, 3.05) is 5.32 Å². The quantitative estimate of drug-likeness (QED) is 0.886. The fourth-order valence-corrected chi connectivity index (χ4v) is 1.67. The fourth-order valence-electron chi connectivity index (χ4n) is 1.45. The summed E-state index contributed by atoms with van der Waals surface area (Å²) in [5, 5.41) is 4.02. The van der Waals surface area contributed by atoms with Crippen LogP contribution in [-0.2, 0) is 6.54 Å². The van der Waals surface area contributed by atoms with Crippen LogP contribution < -0.4 is 5.32 Å². The zero-order valence-electron chi connectivity index (χ0n) is 8.94. The van der Waals surface area contributed by atoms with Gasteiger partial charge in [0, 0.05) is 11.6 Å². The number of rotatable bonds is 3. The average Bonchev–Trinajstić information content (AvgIpc) is 2.29. The van der Waals surface area contributed by atoms with Crippen molar-refractivity contribution in [3.8, 4) is 0 Å². The van der Waals surface area contributed by atoms with E-state index < -0.39 is 0 Å².